The highest BCUT2D eigenvalue weighted by Gasteiger charge is 2.18. The van der Waals surface area contributed by atoms with Gasteiger partial charge < -0.3 is 5.73 Å². The molecule has 0 aliphatic carbocycles. The van der Waals surface area contributed by atoms with Crippen LogP contribution < -0.4 is 5.73 Å². The molecule has 2 aromatic rings. The molecule has 1 unspecified atom stereocenters. The van der Waals surface area contributed by atoms with Gasteiger partial charge in [-0.05, 0) is 30.4 Å². The Morgan fingerprint density at radius 1 is 1.05 bits per heavy atom. The zero-order valence-corrected chi connectivity index (χ0v) is 14.0. The molecule has 1 aromatic heterocycles. The van der Waals surface area contributed by atoms with Gasteiger partial charge in [-0.1, -0.05) is 69.9 Å². The molecule has 0 saturated carbocycles. The predicted molar refractivity (Wildman–Crippen MR) is 93.8 cm³/mol. The fourth-order valence-corrected chi connectivity index (χ4v) is 2.98. The van der Waals surface area contributed by atoms with Crippen molar-refractivity contribution in [3.8, 4) is 11.3 Å². The lowest BCUT2D eigenvalue weighted by Gasteiger charge is -2.19. The number of nitrogens with zero attached hydrogens (tertiary/aromatic N) is 2. The van der Waals surface area contributed by atoms with E-state index in [-0.39, 0.29) is 0 Å². The molecule has 1 aromatic carbocycles. The van der Waals surface area contributed by atoms with Gasteiger partial charge in [0.15, 0.2) is 0 Å². The van der Waals surface area contributed by atoms with E-state index in [1.807, 2.05) is 18.2 Å². The summed E-state index contributed by atoms with van der Waals surface area (Å²) in [5.74, 6) is 1.000. The van der Waals surface area contributed by atoms with Crippen LogP contribution >= 0.6 is 0 Å². The molecule has 22 heavy (non-hydrogen) atoms. The van der Waals surface area contributed by atoms with E-state index in [4.69, 9.17) is 5.73 Å². The summed E-state index contributed by atoms with van der Waals surface area (Å²) in [6, 6.07) is 10.3. The second kappa shape index (κ2) is 7.92. The lowest BCUT2D eigenvalue weighted by atomic mass is 9.88. The molecule has 0 aliphatic rings. The van der Waals surface area contributed by atoms with Crippen molar-refractivity contribution in [3.63, 3.8) is 0 Å². The van der Waals surface area contributed by atoms with Crippen LogP contribution in [-0.2, 0) is 0 Å². The Kier molecular flexibility index (Phi) is 5.93. The van der Waals surface area contributed by atoms with E-state index in [0.29, 0.717) is 11.7 Å². The van der Waals surface area contributed by atoms with Crippen molar-refractivity contribution < 1.29 is 0 Å². The summed E-state index contributed by atoms with van der Waals surface area (Å²) in [7, 11) is 0. The minimum atomic E-state index is 0.449. The summed E-state index contributed by atoms with van der Waals surface area (Å²) in [5, 5.41) is 8.54. The first-order valence-electron chi connectivity index (χ1n) is 8.33. The number of unbranched alkanes of at least 4 members (excludes halogenated alkanes) is 3. The average Bonchev–Trinajstić information content (AvgIpc) is 2.54. The molecule has 0 radical (unpaired) electrons. The SMILES string of the molecule is CCCCCCC(C)c1c(-c2ccccc2)nnc(N)c1C. The molecule has 0 saturated heterocycles. The number of rotatable bonds is 7. The summed E-state index contributed by atoms with van der Waals surface area (Å²) in [5.41, 5.74) is 10.4. The molecule has 0 fully saturated rings. The molecule has 0 aliphatic heterocycles. The topological polar surface area (TPSA) is 51.8 Å². The van der Waals surface area contributed by atoms with Crippen molar-refractivity contribution in [2.75, 3.05) is 5.73 Å². The Labute approximate surface area is 134 Å². The molecule has 0 amide bonds. The van der Waals surface area contributed by atoms with Gasteiger partial charge in [-0.25, -0.2) is 0 Å². The fraction of sp³-hybridized carbons (Fsp3) is 0.474. The summed E-state index contributed by atoms with van der Waals surface area (Å²) in [6.07, 6.45) is 6.31. The first-order chi connectivity index (χ1) is 10.6. The fourth-order valence-electron chi connectivity index (χ4n) is 2.98. The van der Waals surface area contributed by atoms with E-state index in [1.54, 1.807) is 0 Å². The normalized spacial score (nSPS) is 12.3. The number of hydrogen-bond acceptors (Lipinski definition) is 3. The van der Waals surface area contributed by atoms with Gasteiger partial charge in [-0.15, -0.1) is 10.2 Å². The first kappa shape index (κ1) is 16.5. The Morgan fingerprint density at radius 3 is 2.45 bits per heavy atom. The van der Waals surface area contributed by atoms with Crippen molar-refractivity contribution >= 4 is 5.82 Å². The highest BCUT2D eigenvalue weighted by atomic mass is 15.1. The van der Waals surface area contributed by atoms with Gasteiger partial charge in [0, 0.05) is 5.56 Å². The number of hydrogen-bond donors (Lipinski definition) is 1. The van der Waals surface area contributed by atoms with E-state index in [2.05, 4.69) is 43.1 Å². The molecule has 0 bridgehead atoms. The van der Waals surface area contributed by atoms with Crippen LogP contribution in [0.5, 0.6) is 0 Å². The third-order valence-corrected chi connectivity index (χ3v) is 4.33. The number of aromatic nitrogens is 2. The number of nitrogens with two attached hydrogens (primary N) is 1. The van der Waals surface area contributed by atoms with Crippen molar-refractivity contribution in [2.24, 2.45) is 0 Å². The Hall–Kier alpha value is -1.90. The predicted octanol–water partition coefficient (Wildman–Crippen LogP) is 5.11. The molecule has 2 rings (SSSR count). The minimum Gasteiger partial charge on any atom is -0.382 e. The van der Waals surface area contributed by atoms with Crippen LogP contribution in [0.1, 0.15) is 63.0 Å². The van der Waals surface area contributed by atoms with E-state index in [0.717, 1.165) is 16.8 Å². The van der Waals surface area contributed by atoms with Crippen LogP contribution in [0.2, 0.25) is 0 Å². The van der Waals surface area contributed by atoms with Gasteiger partial charge in [0.05, 0.1) is 5.69 Å². The van der Waals surface area contributed by atoms with E-state index < -0.39 is 0 Å². The summed E-state index contributed by atoms with van der Waals surface area (Å²) in [6.45, 7) is 6.59. The highest BCUT2D eigenvalue weighted by Crippen LogP contribution is 2.34. The van der Waals surface area contributed by atoms with Crippen LogP contribution in [0.15, 0.2) is 30.3 Å². The molecule has 2 N–H and O–H groups in total. The maximum absolute atomic E-state index is 6.01. The van der Waals surface area contributed by atoms with Crippen LogP contribution in [0.4, 0.5) is 5.82 Å². The minimum absolute atomic E-state index is 0.449. The van der Waals surface area contributed by atoms with Gasteiger partial charge >= 0.3 is 0 Å². The largest absolute Gasteiger partial charge is 0.382 e. The third-order valence-electron chi connectivity index (χ3n) is 4.33. The third kappa shape index (κ3) is 3.85. The van der Waals surface area contributed by atoms with Gasteiger partial charge in [0.2, 0.25) is 0 Å². The zero-order valence-electron chi connectivity index (χ0n) is 14.0. The standard InChI is InChI=1S/C19H27N3/c1-4-5-6-8-11-14(2)17-15(3)19(20)22-21-18(17)16-12-9-7-10-13-16/h7,9-10,12-14H,4-6,8,11H2,1-3H3,(H2,20,22). The molecular weight excluding hydrogens is 270 g/mol. The monoisotopic (exact) mass is 297 g/mol. The summed E-state index contributed by atoms with van der Waals surface area (Å²) < 4.78 is 0. The van der Waals surface area contributed by atoms with Gasteiger partial charge in [-0.2, -0.15) is 0 Å². The smallest absolute Gasteiger partial charge is 0.149 e. The molecule has 3 nitrogen and oxygen atoms in total. The quantitative estimate of drug-likeness (QED) is 0.723. The van der Waals surface area contributed by atoms with Gasteiger partial charge in [-0.3, -0.25) is 0 Å². The maximum atomic E-state index is 6.01. The Bertz CT molecular complexity index is 593. The van der Waals surface area contributed by atoms with Gasteiger partial charge in [0.25, 0.3) is 0 Å². The average molecular weight is 297 g/mol. The summed E-state index contributed by atoms with van der Waals surface area (Å²) >= 11 is 0. The van der Waals surface area contributed by atoms with Crippen molar-refractivity contribution in [1.29, 1.82) is 0 Å². The molecule has 1 atom stereocenters. The summed E-state index contributed by atoms with van der Waals surface area (Å²) in [4.78, 5) is 0. The highest BCUT2D eigenvalue weighted by molar-refractivity contribution is 5.67. The van der Waals surface area contributed by atoms with Crippen LogP contribution in [0, 0.1) is 6.92 Å². The number of benzene rings is 1. The lowest BCUT2D eigenvalue weighted by Crippen LogP contribution is -2.08. The number of anilines is 1. The molecule has 3 heteroatoms. The second-order valence-corrected chi connectivity index (χ2v) is 6.09. The Morgan fingerprint density at radius 2 is 1.77 bits per heavy atom. The maximum Gasteiger partial charge on any atom is 0.149 e. The second-order valence-electron chi connectivity index (χ2n) is 6.09. The lowest BCUT2D eigenvalue weighted by molar-refractivity contribution is 0.577. The van der Waals surface area contributed by atoms with Gasteiger partial charge in [0.1, 0.15) is 5.82 Å². The van der Waals surface area contributed by atoms with E-state index >= 15 is 0 Å². The molecule has 118 valence electrons. The molecule has 1 heterocycles. The first-order valence-corrected chi connectivity index (χ1v) is 8.33. The van der Waals surface area contributed by atoms with Crippen LogP contribution in [0.3, 0.4) is 0 Å². The molecular formula is C19H27N3. The van der Waals surface area contributed by atoms with E-state index in [1.165, 1.54) is 37.7 Å². The Balaban J connectivity index is 2.30. The van der Waals surface area contributed by atoms with Crippen molar-refractivity contribution in [1.82, 2.24) is 10.2 Å². The van der Waals surface area contributed by atoms with E-state index in [9.17, 15) is 0 Å². The molecule has 0 spiro atoms. The zero-order chi connectivity index (χ0) is 15.9. The number of nitrogen functional groups attached to an aromatic ring is 1. The van der Waals surface area contributed by atoms with Crippen molar-refractivity contribution in [2.45, 2.75) is 58.8 Å². The van der Waals surface area contributed by atoms with Crippen LogP contribution in [0.25, 0.3) is 11.3 Å². The van der Waals surface area contributed by atoms with Crippen LogP contribution in [-0.4, -0.2) is 10.2 Å². The van der Waals surface area contributed by atoms with Crippen molar-refractivity contribution in [3.05, 3.63) is 41.5 Å².